The first-order valence-corrected chi connectivity index (χ1v) is 15.4. The summed E-state index contributed by atoms with van der Waals surface area (Å²) in [4.78, 5) is 58.3. The molecule has 2 saturated heterocycles. The molecule has 0 unspecified atom stereocenters. The summed E-state index contributed by atoms with van der Waals surface area (Å²) < 4.78 is 18.1. The Labute approximate surface area is 259 Å². The molecule has 2 fully saturated rings. The maximum Gasteiger partial charge on any atom is 0.313 e. The minimum Gasteiger partial charge on any atom is -0.497 e. The number of cyclic esters (lactones) is 1. The van der Waals surface area contributed by atoms with E-state index < -0.39 is 59.5 Å². The molecule has 4 aliphatic rings. The van der Waals surface area contributed by atoms with Gasteiger partial charge in [-0.2, -0.15) is 0 Å². The summed E-state index contributed by atoms with van der Waals surface area (Å²) in [6.07, 6.45) is 4.57. The number of nitrogens with zero attached hydrogens (tertiary/aromatic N) is 2. The van der Waals surface area contributed by atoms with Crippen molar-refractivity contribution in [2.45, 2.75) is 63.5 Å². The van der Waals surface area contributed by atoms with Gasteiger partial charge in [-0.3, -0.25) is 19.2 Å². The number of likely N-dealkylation sites (tertiary alicyclic amines) is 1. The van der Waals surface area contributed by atoms with E-state index in [-0.39, 0.29) is 37.9 Å². The van der Waals surface area contributed by atoms with Gasteiger partial charge in [0, 0.05) is 23.1 Å². The van der Waals surface area contributed by atoms with Crippen molar-refractivity contribution >= 4 is 45.3 Å². The number of fused-ring (bicyclic) bond motifs is 2. The molecule has 2 N–H and O–H groups in total. The number of halogens is 1. The first-order valence-electron chi connectivity index (χ1n) is 14.6. The maximum atomic E-state index is 14.8. The molecule has 5 bridgehead atoms. The zero-order valence-electron chi connectivity index (χ0n) is 24.7. The van der Waals surface area contributed by atoms with Gasteiger partial charge in [0.05, 0.1) is 32.2 Å². The summed E-state index contributed by atoms with van der Waals surface area (Å²) in [5.74, 6) is -3.37. The summed E-state index contributed by atoms with van der Waals surface area (Å²) in [7, 11) is 1.55. The average Bonchev–Trinajstić information content (AvgIpc) is 3.57. The molecule has 0 radical (unpaired) electrons. The number of anilines is 1. The normalized spacial score (nSPS) is 32.8. The van der Waals surface area contributed by atoms with Crippen LogP contribution in [0.25, 0.3) is 0 Å². The first-order chi connectivity index (χ1) is 20.5. The second-order valence-electron chi connectivity index (χ2n) is 11.8. The van der Waals surface area contributed by atoms with E-state index in [2.05, 4.69) is 21.2 Å². The van der Waals surface area contributed by atoms with Gasteiger partial charge < -0.3 is 34.4 Å². The fourth-order valence-electron chi connectivity index (χ4n) is 6.59. The van der Waals surface area contributed by atoms with E-state index in [4.69, 9.17) is 14.2 Å². The monoisotopic (exact) mass is 659 g/mol. The molecule has 0 aliphatic carbocycles. The number of ether oxygens (including phenoxy) is 3. The highest BCUT2D eigenvalue weighted by molar-refractivity contribution is 9.11. The van der Waals surface area contributed by atoms with Crippen LogP contribution in [0.3, 0.4) is 0 Å². The van der Waals surface area contributed by atoms with Gasteiger partial charge in [0.2, 0.25) is 11.8 Å². The van der Waals surface area contributed by atoms with Crippen LogP contribution in [0.1, 0.15) is 33.6 Å². The lowest BCUT2D eigenvalue weighted by Gasteiger charge is -2.40. The number of benzene rings is 1. The lowest BCUT2D eigenvalue weighted by Crippen LogP contribution is -2.59. The van der Waals surface area contributed by atoms with Gasteiger partial charge in [0.1, 0.15) is 35.5 Å². The van der Waals surface area contributed by atoms with Crippen molar-refractivity contribution in [2.24, 2.45) is 17.8 Å². The SMILES string of the molecule is COc1ccc(N2C/C=C\CCC(=O)NC[C@@H](C)OC(=O)[C@@H]3[C@H]4O[C@@]5(C=C4Br)[C@H](C2=O)N([C@@H](CO)C(C)C)C(=O)[C@@H]35)cc1. The van der Waals surface area contributed by atoms with Crippen molar-refractivity contribution in [1.82, 2.24) is 10.2 Å². The molecule has 0 aromatic heterocycles. The Balaban J connectivity index is 1.66. The number of carbonyl (C=O) groups is 4. The number of allylic oxidation sites excluding steroid dienone is 1. The van der Waals surface area contributed by atoms with Gasteiger partial charge in [-0.05, 0) is 49.6 Å². The highest BCUT2D eigenvalue weighted by Gasteiger charge is 2.75. The van der Waals surface area contributed by atoms with E-state index in [0.29, 0.717) is 22.3 Å². The van der Waals surface area contributed by atoms with Gasteiger partial charge in [0.25, 0.3) is 5.91 Å². The molecule has 1 aromatic rings. The van der Waals surface area contributed by atoms with E-state index in [9.17, 15) is 24.3 Å². The van der Waals surface area contributed by atoms with Crippen LogP contribution in [0.4, 0.5) is 5.69 Å². The number of nitrogens with one attached hydrogen (secondary N) is 1. The van der Waals surface area contributed by atoms with Crippen molar-refractivity contribution < 1.29 is 38.5 Å². The molecule has 3 amide bonds. The zero-order valence-corrected chi connectivity index (χ0v) is 26.3. The third-order valence-corrected chi connectivity index (χ3v) is 9.41. The van der Waals surface area contributed by atoms with E-state index in [1.165, 1.54) is 4.90 Å². The highest BCUT2D eigenvalue weighted by Crippen LogP contribution is 2.59. The molecule has 1 aromatic carbocycles. The summed E-state index contributed by atoms with van der Waals surface area (Å²) in [5.41, 5.74) is -0.910. The number of esters is 1. The molecule has 4 heterocycles. The van der Waals surface area contributed by atoms with Crippen LogP contribution in [-0.4, -0.2) is 90.4 Å². The third kappa shape index (κ3) is 5.49. The van der Waals surface area contributed by atoms with Gasteiger partial charge in [0.15, 0.2) is 0 Å². The zero-order chi connectivity index (χ0) is 31.1. The van der Waals surface area contributed by atoms with Crippen LogP contribution < -0.4 is 15.0 Å². The molecule has 1 spiro atoms. The minimum atomic E-state index is -1.47. The lowest BCUT2D eigenvalue weighted by atomic mass is 9.74. The Morgan fingerprint density at radius 3 is 2.51 bits per heavy atom. The predicted octanol–water partition coefficient (Wildman–Crippen LogP) is 2.32. The van der Waals surface area contributed by atoms with Gasteiger partial charge in [-0.25, -0.2) is 0 Å². The molecule has 5 rings (SSSR count). The van der Waals surface area contributed by atoms with Crippen LogP contribution in [0, 0.1) is 17.8 Å². The third-order valence-electron chi connectivity index (χ3n) is 8.73. The summed E-state index contributed by atoms with van der Waals surface area (Å²) in [6.45, 7) is 5.30. The number of rotatable bonds is 5. The second kappa shape index (κ2) is 12.4. The number of aliphatic hydroxyl groups excluding tert-OH is 1. The van der Waals surface area contributed by atoms with E-state index in [1.54, 1.807) is 49.3 Å². The van der Waals surface area contributed by atoms with Crippen LogP contribution in [0.5, 0.6) is 5.75 Å². The average molecular weight is 661 g/mol. The van der Waals surface area contributed by atoms with Crippen LogP contribution in [0.15, 0.2) is 47.0 Å². The molecular weight excluding hydrogens is 622 g/mol. The van der Waals surface area contributed by atoms with E-state index >= 15 is 0 Å². The van der Waals surface area contributed by atoms with Gasteiger partial charge in [-0.15, -0.1) is 0 Å². The largest absolute Gasteiger partial charge is 0.497 e. The van der Waals surface area contributed by atoms with Gasteiger partial charge in [-0.1, -0.05) is 41.9 Å². The Morgan fingerprint density at radius 1 is 1.14 bits per heavy atom. The van der Waals surface area contributed by atoms with Crippen molar-refractivity contribution in [1.29, 1.82) is 0 Å². The topological polar surface area (TPSA) is 135 Å². The molecule has 43 heavy (non-hydrogen) atoms. The van der Waals surface area contributed by atoms with Crippen molar-refractivity contribution in [2.75, 3.05) is 31.7 Å². The van der Waals surface area contributed by atoms with Crippen molar-refractivity contribution in [3.05, 3.63) is 47.0 Å². The number of hydrogen-bond donors (Lipinski definition) is 2. The first kappa shape index (κ1) is 31.2. The number of carbonyl (C=O) groups excluding carboxylic acids is 4. The molecule has 7 atom stereocenters. The van der Waals surface area contributed by atoms with Crippen LogP contribution in [-0.2, 0) is 28.7 Å². The quantitative estimate of drug-likeness (QED) is 0.363. The Kier molecular flexibility index (Phi) is 9.01. The fourth-order valence-corrected chi connectivity index (χ4v) is 7.33. The molecule has 11 nitrogen and oxygen atoms in total. The smallest absolute Gasteiger partial charge is 0.313 e. The van der Waals surface area contributed by atoms with Crippen LogP contribution in [0.2, 0.25) is 0 Å². The fraction of sp³-hybridized carbons (Fsp3) is 0.548. The lowest BCUT2D eigenvalue weighted by molar-refractivity contribution is -0.159. The van der Waals surface area contributed by atoms with E-state index in [1.807, 2.05) is 26.0 Å². The highest BCUT2D eigenvalue weighted by atomic mass is 79.9. The predicted molar refractivity (Wildman–Crippen MR) is 160 cm³/mol. The summed E-state index contributed by atoms with van der Waals surface area (Å²) in [5, 5.41) is 13.3. The summed E-state index contributed by atoms with van der Waals surface area (Å²) >= 11 is 3.54. The number of hydrogen-bond acceptors (Lipinski definition) is 8. The van der Waals surface area contributed by atoms with Crippen molar-refractivity contribution in [3.63, 3.8) is 0 Å². The van der Waals surface area contributed by atoms with Gasteiger partial charge >= 0.3 is 5.97 Å². The number of methoxy groups -OCH3 is 1. The Bertz CT molecular complexity index is 1330. The molecule has 4 aliphatic heterocycles. The molecule has 12 heteroatoms. The number of aliphatic hydroxyl groups is 1. The minimum absolute atomic E-state index is 0.117. The van der Waals surface area contributed by atoms with Crippen LogP contribution >= 0.6 is 15.9 Å². The molecule has 232 valence electrons. The second-order valence-corrected chi connectivity index (χ2v) is 12.7. The molecule has 0 saturated carbocycles. The summed E-state index contributed by atoms with van der Waals surface area (Å²) in [6, 6.07) is 5.10. The Morgan fingerprint density at radius 2 is 1.86 bits per heavy atom. The standard InChI is InChI=1S/C31H38BrN3O8/c1-17(2)22(16-36)35-27-29(39)34(19-9-11-20(41-4)12-10-19)13-7-5-6-8-23(37)33-15-18(3)42-30(40)24-25(28(35)38)31(27)14-21(32)26(24)43-31/h5,7,9-12,14,17-18,22,24-27,36H,6,8,13,15-16H2,1-4H3,(H,33,37)/b7-5-/t18-,22+,24+,25-,26+,27+,31-/m1/s1. The van der Waals surface area contributed by atoms with Crippen molar-refractivity contribution in [3.8, 4) is 5.75 Å². The van der Waals surface area contributed by atoms with E-state index in [0.717, 1.165) is 0 Å². The maximum absolute atomic E-state index is 14.8. The molecular formula is C31H38BrN3O8. The number of amides is 3. The Hall–Kier alpha value is -3.22.